The van der Waals surface area contributed by atoms with Crippen molar-refractivity contribution in [3.05, 3.63) is 39.8 Å². The van der Waals surface area contributed by atoms with Crippen molar-refractivity contribution in [1.29, 1.82) is 0 Å². The number of aromatic nitrogens is 2. The van der Waals surface area contributed by atoms with Gasteiger partial charge in [0.1, 0.15) is 0 Å². The summed E-state index contributed by atoms with van der Waals surface area (Å²) in [6.45, 7) is 0. The van der Waals surface area contributed by atoms with Gasteiger partial charge in [-0.1, -0.05) is 6.07 Å². The normalized spacial score (nSPS) is 15.1. The Kier molecular flexibility index (Phi) is 2.93. The lowest BCUT2D eigenvalue weighted by Gasteiger charge is -1.93. The fraction of sp³-hybridized carbons (Fsp3) is 0.250. The van der Waals surface area contributed by atoms with Crippen LogP contribution in [0.3, 0.4) is 0 Å². The van der Waals surface area contributed by atoms with E-state index in [0.717, 1.165) is 10.6 Å². The molecule has 2 aromatic heterocycles. The summed E-state index contributed by atoms with van der Waals surface area (Å²) in [5, 5.41) is 12.7. The molecule has 6 heteroatoms. The summed E-state index contributed by atoms with van der Waals surface area (Å²) in [7, 11) is 0. The maximum absolute atomic E-state index is 11.7. The fourth-order valence-electron chi connectivity index (χ4n) is 1.63. The van der Waals surface area contributed by atoms with Crippen LogP contribution in [0, 0.1) is 0 Å². The van der Waals surface area contributed by atoms with E-state index in [2.05, 4.69) is 20.7 Å². The summed E-state index contributed by atoms with van der Waals surface area (Å²) in [5.74, 6) is 0.277. The first-order valence-electron chi connectivity index (χ1n) is 5.75. The highest BCUT2D eigenvalue weighted by molar-refractivity contribution is 7.11. The zero-order valence-corrected chi connectivity index (χ0v) is 10.4. The molecule has 1 saturated carbocycles. The monoisotopic (exact) mass is 260 g/mol. The van der Waals surface area contributed by atoms with E-state index in [4.69, 9.17) is 0 Å². The third kappa shape index (κ3) is 2.48. The standard InChI is InChI=1S/C12H12N4OS/c17-12(16-13-7-9-2-1-5-18-9)11-6-10(14-15-11)8-3-4-8/h1-2,5-8H,3-4H2,(H,14,15)(H,16,17). The Morgan fingerprint density at radius 2 is 2.50 bits per heavy atom. The van der Waals surface area contributed by atoms with Crippen LogP contribution in [-0.4, -0.2) is 22.3 Å². The molecule has 0 spiro atoms. The number of rotatable bonds is 4. The topological polar surface area (TPSA) is 70.1 Å². The molecule has 0 aliphatic heterocycles. The van der Waals surface area contributed by atoms with Crippen molar-refractivity contribution >= 4 is 23.5 Å². The van der Waals surface area contributed by atoms with E-state index in [-0.39, 0.29) is 5.91 Å². The number of nitrogens with one attached hydrogen (secondary N) is 2. The number of hydrazone groups is 1. The van der Waals surface area contributed by atoms with Crippen LogP contribution in [0.25, 0.3) is 0 Å². The van der Waals surface area contributed by atoms with Gasteiger partial charge in [0.15, 0.2) is 5.69 Å². The van der Waals surface area contributed by atoms with E-state index in [0.29, 0.717) is 11.6 Å². The first-order chi connectivity index (χ1) is 8.83. The average molecular weight is 260 g/mol. The number of hydrogen-bond acceptors (Lipinski definition) is 4. The number of carbonyl (C=O) groups excluding carboxylic acids is 1. The Bertz CT molecular complexity index is 569. The van der Waals surface area contributed by atoms with Crippen molar-refractivity contribution in [2.24, 2.45) is 5.10 Å². The van der Waals surface area contributed by atoms with Gasteiger partial charge in [0, 0.05) is 16.5 Å². The van der Waals surface area contributed by atoms with Gasteiger partial charge in [-0.25, -0.2) is 5.43 Å². The van der Waals surface area contributed by atoms with Crippen molar-refractivity contribution in [2.75, 3.05) is 0 Å². The Labute approximate surface area is 108 Å². The molecule has 2 N–H and O–H groups in total. The van der Waals surface area contributed by atoms with Crippen LogP contribution in [0.15, 0.2) is 28.7 Å². The van der Waals surface area contributed by atoms with Gasteiger partial charge in [0.05, 0.1) is 6.21 Å². The molecule has 1 amide bonds. The molecular formula is C12H12N4OS. The Balaban J connectivity index is 1.60. The number of thiophene rings is 1. The number of hydrogen-bond donors (Lipinski definition) is 2. The van der Waals surface area contributed by atoms with E-state index < -0.39 is 0 Å². The second-order valence-electron chi connectivity index (χ2n) is 4.20. The number of carbonyl (C=O) groups is 1. The summed E-state index contributed by atoms with van der Waals surface area (Å²) in [6, 6.07) is 5.66. The molecule has 0 atom stereocenters. The molecule has 1 aliphatic rings. The number of H-pyrrole nitrogens is 1. The highest BCUT2D eigenvalue weighted by Gasteiger charge is 2.26. The van der Waals surface area contributed by atoms with Crippen LogP contribution < -0.4 is 5.43 Å². The van der Waals surface area contributed by atoms with Crippen LogP contribution in [-0.2, 0) is 0 Å². The molecule has 2 heterocycles. The molecule has 0 bridgehead atoms. The summed E-state index contributed by atoms with van der Waals surface area (Å²) in [6.07, 6.45) is 3.98. The maximum Gasteiger partial charge on any atom is 0.291 e. The van der Waals surface area contributed by atoms with Crippen molar-refractivity contribution in [1.82, 2.24) is 15.6 Å². The molecule has 1 aliphatic carbocycles. The number of nitrogens with zero attached hydrogens (tertiary/aromatic N) is 2. The third-order valence-corrected chi connectivity index (χ3v) is 3.56. The lowest BCUT2D eigenvalue weighted by Crippen LogP contribution is -2.17. The van der Waals surface area contributed by atoms with Crippen LogP contribution in [0.2, 0.25) is 0 Å². The smallest absolute Gasteiger partial charge is 0.281 e. The molecule has 0 unspecified atom stereocenters. The summed E-state index contributed by atoms with van der Waals surface area (Å²) < 4.78 is 0. The van der Waals surface area contributed by atoms with Gasteiger partial charge in [-0.3, -0.25) is 9.89 Å². The van der Waals surface area contributed by atoms with Gasteiger partial charge in [-0.2, -0.15) is 10.2 Å². The zero-order chi connectivity index (χ0) is 12.4. The highest BCUT2D eigenvalue weighted by Crippen LogP contribution is 2.38. The number of amides is 1. The second kappa shape index (κ2) is 4.73. The van der Waals surface area contributed by atoms with Crippen molar-refractivity contribution in [2.45, 2.75) is 18.8 Å². The highest BCUT2D eigenvalue weighted by atomic mass is 32.1. The largest absolute Gasteiger partial charge is 0.291 e. The predicted molar refractivity (Wildman–Crippen MR) is 69.9 cm³/mol. The molecule has 18 heavy (non-hydrogen) atoms. The number of aromatic amines is 1. The van der Waals surface area contributed by atoms with Crippen LogP contribution >= 0.6 is 11.3 Å². The van der Waals surface area contributed by atoms with Gasteiger partial charge < -0.3 is 0 Å². The molecular weight excluding hydrogens is 248 g/mol. The minimum absolute atomic E-state index is 0.286. The van der Waals surface area contributed by atoms with E-state index in [1.165, 1.54) is 12.8 Å². The molecule has 5 nitrogen and oxygen atoms in total. The van der Waals surface area contributed by atoms with Gasteiger partial charge in [-0.15, -0.1) is 11.3 Å². The molecule has 0 saturated heterocycles. The van der Waals surface area contributed by atoms with Crippen molar-refractivity contribution in [3.8, 4) is 0 Å². The van der Waals surface area contributed by atoms with Crippen molar-refractivity contribution < 1.29 is 4.79 Å². The predicted octanol–water partition coefficient (Wildman–Crippen LogP) is 2.11. The van der Waals surface area contributed by atoms with Crippen LogP contribution in [0.1, 0.15) is 39.8 Å². The summed E-state index contributed by atoms with van der Waals surface area (Å²) >= 11 is 1.56. The van der Waals surface area contributed by atoms with Crippen molar-refractivity contribution in [3.63, 3.8) is 0 Å². The Morgan fingerprint density at radius 3 is 3.22 bits per heavy atom. The lowest BCUT2D eigenvalue weighted by atomic mass is 10.2. The van der Waals surface area contributed by atoms with Crippen LogP contribution in [0.4, 0.5) is 0 Å². The SMILES string of the molecule is O=C(NN=Cc1cccs1)c1cc(C2CC2)[nH]n1. The van der Waals surface area contributed by atoms with E-state index in [1.807, 2.05) is 17.5 Å². The molecule has 2 aromatic rings. The van der Waals surface area contributed by atoms with E-state index in [1.54, 1.807) is 23.6 Å². The lowest BCUT2D eigenvalue weighted by molar-refractivity contribution is 0.0950. The van der Waals surface area contributed by atoms with E-state index in [9.17, 15) is 4.79 Å². The summed E-state index contributed by atoms with van der Waals surface area (Å²) in [5.41, 5.74) is 3.90. The first-order valence-corrected chi connectivity index (χ1v) is 6.63. The van der Waals surface area contributed by atoms with Gasteiger partial charge in [0.2, 0.25) is 0 Å². The van der Waals surface area contributed by atoms with Crippen LogP contribution in [0.5, 0.6) is 0 Å². The first kappa shape index (κ1) is 11.2. The molecule has 1 fully saturated rings. The minimum Gasteiger partial charge on any atom is -0.281 e. The maximum atomic E-state index is 11.7. The molecule has 3 rings (SSSR count). The third-order valence-electron chi connectivity index (χ3n) is 2.75. The molecule has 92 valence electrons. The average Bonchev–Trinajstić information content (AvgIpc) is 2.92. The molecule has 0 aromatic carbocycles. The van der Waals surface area contributed by atoms with Gasteiger partial charge >= 0.3 is 0 Å². The van der Waals surface area contributed by atoms with E-state index >= 15 is 0 Å². The van der Waals surface area contributed by atoms with Gasteiger partial charge in [-0.05, 0) is 30.4 Å². The summed E-state index contributed by atoms with van der Waals surface area (Å²) in [4.78, 5) is 12.7. The molecule has 0 radical (unpaired) electrons. The Morgan fingerprint density at radius 1 is 1.61 bits per heavy atom. The second-order valence-corrected chi connectivity index (χ2v) is 5.18. The fourth-order valence-corrected chi connectivity index (χ4v) is 2.22. The minimum atomic E-state index is -0.286. The zero-order valence-electron chi connectivity index (χ0n) is 9.59. The van der Waals surface area contributed by atoms with Gasteiger partial charge in [0.25, 0.3) is 5.91 Å². The Hall–Kier alpha value is -1.95. The quantitative estimate of drug-likeness (QED) is 0.653.